The van der Waals surface area contributed by atoms with Gasteiger partial charge in [0, 0.05) is 25.3 Å². The van der Waals surface area contributed by atoms with Gasteiger partial charge in [-0.2, -0.15) is 0 Å². The highest BCUT2D eigenvalue weighted by molar-refractivity contribution is 5.92. The molecule has 1 aliphatic heterocycles. The number of carbonyl (C=O) groups excluding carboxylic acids is 1. The smallest absolute Gasteiger partial charge is 0.270 e. The van der Waals surface area contributed by atoms with Crippen LogP contribution in [0.25, 0.3) is 0 Å². The molecule has 2 aromatic rings. The van der Waals surface area contributed by atoms with E-state index in [9.17, 15) is 4.79 Å². The van der Waals surface area contributed by atoms with Crippen LogP contribution in [0.1, 0.15) is 34.5 Å². The number of carbonyl (C=O) groups is 1. The van der Waals surface area contributed by atoms with Crippen molar-refractivity contribution in [3.05, 3.63) is 59.7 Å². The van der Waals surface area contributed by atoms with Gasteiger partial charge in [-0.1, -0.05) is 24.3 Å². The Morgan fingerprint density at radius 3 is 3.00 bits per heavy atom. The van der Waals surface area contributed by atoms with Crippen molar-refractivity contribution in [1.29, 1.82) is 0 Å². The van der Waals surface area contributed by atoms with Crippen molar-refractivity contribution in [1.82, 2.24) is 20.2 Å². The average molecular weight is 310 g/mol. The summed E-state index contributed by atoms with van der Waals surface area (Å²) >= 11 is 0. The van der Waals surface area contributed by atoms with Crippen LogP contribution >= 0.6 is 0 Å². The second-order valence-corrected chi connectivity index (χ2v) is 6.07. The highest BCUT2D eigenvalue weighted by Crippen LogP contribution is 2.16. The lowest BCUT2D eigenvalue weighted by Crippen LogP contribution is -2.47. The predicted molar refractivity (Wildman–Crippen MR) is 89.0 cm³/mol. The third-order valence-electron chi connectivity index (χ3n) is 4.31. The molecule has 1 aliphatic rings. The van der Waals surface area contributed by atoms with E-state index in [4.69, 9.17) is 0 Å². The summed E-state index contributed by atoms with van der Waals surface area (Å²) < 4.78 is 0. The molecule has 23 heavy (non-hydrogen) atoms. The van der Waals surface area contributed by atoms with Crippen LogP contribution in [-0.4, -0.2) is 39.9 Å². The van der Waals surface area contributed by atoms with E-state index in [1.54, 1.807) is 12.3 Å². The van der Waals surface area contributed by atoms with Crippen molar-refractivity contribution >= 4 is 5.91 Å². The molecule has 5 heteroatoms. The fourth-order valence-electron chi connectivity index (χ4n) is 3.03. The Morgan fingerprint density at radius 1 is 1.35 bits per heavy atom. The number of benzene rings is 1. The molecule has 1 amide bonds. The maximum atomic E-state index is 12.2. The summed E-state index contributed by atoms with van der Waals surface area (Å²) in [5.41, 5.74) is 3.10. The minimum absolute atomic E-state index is 0.116. The molecule has 0 radical (unpaired) electrons. The van der Waals surface area contributed by atoms with Gasteiger partial charge in [0.25, 0.3) is 5.91 Å². The second-order valence-electron chi connectivity index (χ2n) is 6.07. The van der Waals surface area contributed by atoms with Gasteiger partial charge in [0.2, 0.25) is 0 Å². The van der Waals surface area contributed by atoms with E-state index in [1.807, 2.05) is 0 Å². The Balaban J connectivity index is 1.58. The molecule has 0 saturated carbocycles. The molecule has 1 atom stereocenters. The van der Waals surface area contributed by atoms with Crippen LogP contribution in [0.2, 0.25) is 0 Å². The highest BCUT2D eigenvalue weighted by Gasteiger charge is 2.22. The lowest BCUT2D eigenvalue weighted by Gasteiger charge is -2.33. The molecule has 3 rings (SSSR count). The SMILES string of the molecule is Cc1ccccc1CN1CCCC(NC(=O)c2ccncn2)C1. The zero-order valence-electron chi connectivity index (χ0n) is 13.4. The molecule has 120 valence electrons. The van der Waals surface area contributed by atoms with Crippen LogP contribution in [0, 0.1) is 6.92 Å². The molecule has 5 nitrogen and oxygen atoms in total. The minimum Gasteiger partial charge on any atom is -0.347 e. The maximum Gasteiger partial charge on any atom is 0.270 e. The standard InChI is InChI=1S/C18H22N4O/c1-14-5-2-3-6-15(14)11-22-10-4-7-16(12-22)21-18(23)17-8-9-19-13-20-17/h2-3,5-6,8-9,13,16H,4,7,10-12H2,1H3,(H,21,23). The molecule has 1 unspecified atom stereocenters. The van der Waals surface area contributed by atoms with Crippen molar-refractivity contribution in [3.63, 3.8) is 0 Å². The third-order valence-corrected chi connectivity index (χ3v) is 4.31. The van der Waals surface area contributed by atoms with E-state index < -0.39 is 0 Å². The first-order chi connectivity index (χ1) is 11.2. The largest absolute Gasteiger partial charge is 0.347 e. The van der Waals surface area contributed by atoms with Gasteiger partial charge in [0.1, 0.15) is 12.0 Å². The third kappa shape index (κ3) is 4.13. The predicted octanol–water partition coefficient (Wildman–Crippen LogP) is 2.18. The quantitative estimate of drug-likeness (QED) is 0.940. The summed E-state index contributed by atoms with van der Waals surface area (Å²) in [5.74, 6) is -0.116. The number of piperidine rings is 1. The summed E-state index contributed by atoms with van der Waals surface area (Å²) in [6.07, 6.45) is 5.11. The Bertz CT molecular complexity index is 659. The first-order valence-corrected chi connectivity index (χ1v) is 8.06. The van der Waals surface area contributed by atoms with Crippen LogP contribution < -0.4 is 5.32 Å². The molecule has 0 aliphatic carbocycles. The van der Waals surface area contributed by atoms with Crippen LogP contribution in [0.4, 0.5) is 0 Å². The number of aromatic nitrogens is 2. The van der Waals surface area contributed by atoms with Crippen LogP contribution in [0.5, 0.6) is 0 Å². The van der Waals surface area contributed by atoms with Crippen molar-refractivity contribution in [2.24, 2.45) is 0 Å². The average Bonchev–Trinajstić information content (AvgIpc) is 2.58. The van der Waals surface area contributed by atoms with Gasteiger partial charge in [-0.15, -0.1) is 0 Å². The van der Waals surface area contributed by atoms with Crippen LogP contribution in [-0.2, 0) is 6.54 Å². The number of likely N-dealkylation sites (tertiary alicyclic amines) is 1. The fraction of sp³-hybridized carbons (Fsp3) is 0.389. The van der Waals surface area contributed by atoms with Gasteiger partial charge in [0.15, 0.2) is 0 Å². The number of rotatable bonds is 4. The first-order valence-electron chi connectivity index (χ1n) is 8.06. The Morgan fingerprint density at radius 2 is 2.22 bits per heavy atom. The molecule has 1 saturated heterocycles. The molecule has 0 spiro atoms. The molecule has 0 bridgehead atoms. The van der Waals surface area contributed by atoms with Crippen molar-refractivity contribution < 1.29 is 4.79 Å². The number of hydrogen-bond acceptors (Lipinski definition) is 4. The minimum atomic E-state index is -0.116. The number of nitrogens with one attached hydrogen (secondary N) is 1. The van der Waals surface area contributed by atoms with E-state index in [1.165, 1.54) is 17.5 Å². The number of amides is 1. The number of aryl methyl sites for hydroxylation is 1. The van der Waals surface area contributed by atoms with Crippen molar-refractivity contribution in [2.75, 3.05) is 13.1 Å². The summed E-state index contributed by atoms with van der Waals surface area (Å²) in [6, 6.07) is 10.3. The fourth-order valence-corrected chi connectivity index (χ4v) is 3.03. The summed E-state index contributed by atoms with van der Waals surface area (Å²) in [7, 11) is 0. The van der Waals surface area contributed by atoms with E-state index in [-0.39, 0.29) is 11.9 Å². The molecular weight excluding hydrogens is 288 g/mol. The first kappa shape index (κ1) is 15.6. The molecule has 2 heterocycles. The molecule has 1 fully saturated rings. The Kier molecular flexibility index (Phi) is 4.98. The number of nitrogens with zero attached hydrogens (tertiary/aromatic N) is 3. The van der Waals surface area contributed by atoms with E-state index in [2.05, 4.69) is 51.4 Å². The lowest BCUT2D eigenvalue weighted by molar-refractivity contribution is 0.0895. The number of hydrogen-bond donors (Lipinski definition) is 1. The van der Waals surface area contributed by atoms with E-state index in [0.29, 0.717) is 5.69 Å². The molecule has 1 aromatic carbocycles. The van der Waals surface area contributed by atoms with E-state index in [0.717, 1.165) is 32.5 Å². The van der Waals surface area contributed by atoms with Gasteiger partial charge in [-0.05, 0) is 43.5 Å². The highest BCUT2D eigenvalue weighted by atomic mass is 16.1. The van der Waals surface area contributed by atoms with Gasteiger partial charge in [-0.25, -0.2) is 9.97 Å². The van der Waals surface area contributed by atoms with Crippen LogP contribution in [0.3, 0.4) is 0 Å². The summed E-state index contributed by atoms with van der Waals surface area (Å²) in [6.45, 7) is 5.04. The summed E-state index contributed by atoms with van der Waals surface area (Å²) in [4.78, 5) is 22.5. The monoisotopic (exact) mass is 310 g/mol. The van der Waals surface area contributed by atoms with Crippen molar-refractivity contribution in [2.45, 2.75) is 32.4 Å². The molecule has 1 aromatic heterocycles. The van der Waals surface area contributed by atoms with E-state index >= 15 is 0 Å². The Hall–Kier alpha value is -2.27. The normalized spacial score (nSPS) is 18.6. The lowest BCUT2D eigenvalue weighted by atomic mass is 10.0. The van der Waals surface area contributed by atoms with Gasteiger partial charge < -0.3 is 5.32 Å². The molecular formula is C18H22N4O. The summed E-state index contributed by atoms with van der Waals surface area (Å²) in [5, 5.41) is 3.09. The zero-order valence-corrected chi connectivity index (χ0v) is 13.4. The van der Waals surface area contributed by atoms with Crippen LogP contribution in [0.15, 0.2) is 42.9 Å². The molecule has 1 N–H and O–H groups in total. The van der Waals surface area contributed by atoms with Gasteiger partial charge in [-0.3, -0.25) is 9.69 Å². The second kappa shape index (κ2) is 7.33. The Labute approximate surface area is 136 Å². The maximum absolute atomic E-state index is 12.2. The van der Waals surface area contributed by atoms with Gasteiger partial charge >= 0.3 is 0 Å². The van der Waals surface area contributed by atoms with Crippen molar-refractivity contribution in [3.8, 4) is 0 Å². The zero-order chi connectivity index (χ0) is 16.1. The van der Waals surface area contributed by atoms with Gasteiger partial charge in [0.05, 0.1) is 0 Å². The topological polar surface area (TPSA) is 58.1 Å².